The highest BCUT2D eigenvalue weighted by molar-refractivity contribution is 6.17. The summed E-state index contributed by atoms with van der Waals surface area (Å²) in [5, 5.41) is 8.77. The minimum atomic E-state index is -0.641. The first kappa shape index (κ1) is 8.85. The third-order valence-electron chi connectivity index (χ3n) is 2.16. The Hall–Kier alpha value is -0.240. The summed E-state index contributed by atoms with van der Waals surface area (Å²) in [6, 6.07) is 0. The van der Waals surface area contributed by atoms with E-state index in [1.54, 1.807) is 0 Å². The molecule has 2 nitrogen and oxygen atoms in total. The first-order valence-corrected chi connectivity index (χ1v) is 4.58. The number of hydrogen-bond donors (Lipinski definition) is 1. The van der Waals surface area contributed by atoms with Crippen molar-refractivity contribution in [2.75, 3.05) is 5.88 Å². The quantitative estimate of drug-likeness (QED) is 0.652. The molecule has 0 aromatic rings. The average molecular weight is 177 g/mol. The normalized spacial score (nSPS) is 19.7. The Balaban J connectivity index is 2.26. The fourth-order valence-electron chi connectivity index (χ4n) is 1.36. The molecule has 64 valence electrons. The van der Waals surface area contributed by atoms with Crippen molar-refractivity contribution >= 4 is 17.6 Å². The number of hydrogen-bond acceptors (Lipinski definition) is 1. The van der Waals surface area contributed by atoms with Crippen LogP contribution in [0.25, 0.3) is 0 Å². The molecule has 1 aliphatic rings. The number of rotatable bonds is 5. The van der Waals surface area contributed by atoms with Gasteiger partial charge in [-0.2, -0.15) is 0 Å². The van der Waals surface area contributed by atoms with Gasteiger partial charge in [0.2, 0.25) is 0 Å². The standard InChI is InChI=1S/C8H13ClO2/c9-5-1-2-7(8(10)11)6-3-4-6/h6-7H,1-5H2,(H,10,11). The summed E-state index contributed by atoms with van der Waals surface area (Å²) in [6.07, 6.45) is 3.77. The lowest BCUT2D eigenvalue weighted by Gasteiger charge is -2.08. The molecule has 1 N–H and O–H groups in total. The van der Waals surface area contributed by atoms with E-state index in [4.69, 9.17) is 16.7 Å². The maximum absolute atomic E-state index is 10.6. The molecule has 0 bridgehead atoms. The van der Waals surface area contributed by atoms with E-state index in [2.05, 4.69) is 0 Å². The molecule has 11 heavy (non-hydrogen) atoms. The van der Waals surface area contributed by atoms with Gasteiger partial charge in [-0.25, -0.2) is 0 Å². The number of aliphatic carboxylic acids is 1. The van der Waals surface area contributed by atoms with E-state index >= 15 is 0 Å². The van der Waals surface area contributed by atoms with Crippen LogP contribution in [0.3, 0.4) is 0 Å². The summed E-state index contributed by atoms with van der Waals surface area (Å²) in [5.74, 6) is 0.276. The zero-order valence-electron chi connectivity index (χ0n) is 6.42. The first-order chi connectivity index (χ1) is 5.25. The van der Waals surface area contributed by atoms with Crippen molar-refractivity contribution in [1.29, 1.82) is 0 Å². The Morgan fingerprint density at radius 2 is 2.27 bits per heavy atom. The predicted molar refractivity (Wildman–Crippen MR) is 43.8 cm³/mol. The van der Waals surface area contributed by atoms with Gasteiger partial charge in [0.25, 0.3) is 0 Å². The van der Waals surface area contributed by atoms with E-state index in [9.17, 15) is 4.79 Å². The Labute approximate surface area is 71.5 Å². The SMILES string of the molecule is O=C(O)C(CCCCl)C1CC1. The van der Waals surface area contributed by atoms with Crippen LogP contribution in [0.15, 0.2) is 0 Å². The second-order valence-electron chi connectivity index (χ2n) is 3.11. The Morgan fingerprint density at radius 3 is 2.64 bits per heavy atom. The Bertz CT molecular complexity index is 143. The van der Waals surface area contributed by atoms with Crippen LogP contribution in [0, 0.1) is 11.8 Å². The zero-order chi connectivity index (χ0) is 8.27. The molecule has 0 aromatic heterocycles. The van der Waals surface area contributed by atoms with E-state index in [1.807, 2.05) is 0 Å². The largest absolute Gasteiger partial charge is 0.481 e. The molecule has 0 saturated heterocycles. The fraction of sp³-hybridized carbons (Fsp3) is 0.875. The monoisotopic (exact) mass is 176 g/mol. The van der Waals surface area contributed by atoms with Crippen LogP contribution in [0.1, 0.15) is 25.7 Å². The van der Waals surface area contributed by atoms with Gasteiger partial charge in [-0.15, -0.1) is 11.6 Å². The lowest BCUT2D eigenvalue weighted by molar-refractivity contribution is -0.142. The molecule has 1 rings (SSSR count). The number of alkyl halides is 1. The minimum absolute atomic E-state index is 0.117. The van der Waals surface area contributed by atoms with Crippen molar-refractivity contribution in [2.45, 2.75) is 25.7 Å². The molecule has 1 atom stereocenters. The topological polar surface area (TPSA) is 37.3 Å². The molecule has 1 fully saturated rings. The zero-order valence-corrected chi connectivity index (χ0v) is 7.18. The van der Waals surface area contributed by atoms with Crippen LogP contribution in [-0.2, 0) is 4.79 Å². The highest BCUT2D eigenvalue weighted by atomic mass is 35.5. The molecule has 3 heteroatoms. The van der Waals surface area contributed by atoms with Crippen LogP contribution in [-0.4, -0.2) is 17.0 Å². The summed E-state index contributed by atoms with van der Waals surface area (Å²) in [5.41, 5.74) is 0. The van der Waals surface area contributed by atoms with Gasteiger partial charge in [0.05, 0.1) is 5.92 Å². The van der Waals surface area contributed by atoms with Gasteiger partial charge < -0.3 is 5.11 Å². The van der Waals surface area contributed by atoms with Gasteiger partial charge in [0.1, 0.15) is 0 Å². The van der Waals surface area contributed by atoms with E-state index in [0.29, 0.717) is 11.8 Å². The lowest BCUT2D eigenvalue weighted by atomic mass is 9.99. The summed E-state index contributed by atoms with van der Waals surface area (Å²) in [6.45, 7) is 0. The van der Waals surface area contributed by atoms with Crippen LogP contribution in [0.5, 0.6) is 0 Å². The van der Waals surface area contributed by atoms with Crippen molar-refractivity contribution in [3.63, 3.8) is 0 Å². The molecule has 1 aliphatic carbocycles. The highest BCUT2D eigenvalue weighted by Gasteiger charge is 2.35. The minimum Gasteiger partial charge on any atom is -0.481 e. The number of carbonyl (C=O) groups is 1. The van der Waals surface area contributed by atoms with E-state index in [1.165, 1.54) is 0 Å². The molecule has 0 aliphatic heterocycles. The molecular weight excluding hydrogens is 164 g/mol. The third kappa shape index (κ3) is 2.70. The number of carboxylic acids is 1. The molecule has 0 radical (unpaired) electrons. The molecule has 0 aromatic carbocycles. The molecule has 0 heterocycles. The summed E-state index contributed by atoms with van der Waals surface area (Å²) < 4.78 is 0. The molecular formula is C8H13ClO2. The number of halogens is 1. The van der Waals surface area contributed by atoms with Crippen molar-refractivity contribution in [3.8, 4) is 0 Å². The molecule has 0 spiro atoms. The highest BCUT2D eigenvalue weighted by Crippen LogP contribution is 2.39. The van der Waals surface area contributed by atoms with Gasteiger partial charge >= 0.3 is 5.97 Å². The second kappa shape index (κ2) is 3.96. The predicted octanol–water partition coefficient (Wildman–Crippen LogP) is 2.12. The molecule has 1 saturated carbocycles. The van der Waals surface area contributed by atoms with Crippen molar-refractivity contribution in [1.82, 2.24) is 0 Å². The fourth-order valence-corrected chi connectivity index (χ4v) is 1.51. The Kier molecular flexibility index (Phi) is 3.18. The summed E-state index contributed by atoms with van der Waals surface area (Å²) in [7, 11) is 0. The van der Waals surface area contributed by atoms with Gasteiger partial charge in [-0.05, 0) is 31.6 Å². The molecule has 0 amide bonds. The smallest absolute Gasteiger partial charge is 0.306 e. The van der Waals surface area contributed by atoms with Crippen LogP contribution < -0.4 is 0 Å². The molecule has 1 unspecified atom stereocenters. The van der Waals surface area contributed by atoms with Crippen molar-refractivity contribution < 1.29 is 9.90 Å². The van der Waals surface area contributed by atoms with Crippen LogP contribution >= 0.6 is 11.6 Å². The van der Waals surface area contributed by atoms with Gasteiger partial charge in [-0.3, -0.25) is 4.79 Å². The third-order valence-corrected chi connectivity index (χ3v) is 2.42. The van der Waals surface area contributed by atoms with E-state index < -0.39 is 5.97 Å². The maximum atomic E-state index is 10.6. The van der Waals surface area contributed by atoms with Crippen molar-refractivity contribution in [3.05, 3.63) is 0 Å². The van der Waals surface area contributed by atoms with Gasteiger partial charge in [-0.1, -0.05) is 0 Å². The first-order valence-electron chi connectivity index (χ1n) is 4.04. The van der Waals surface area contributed by atoms with Gasteiger partial charge in [0.15, 0.2) is 0 Å². The average Bonchev–Trinajstić information content (AvgIpc) is 2.71. The van der Waals surface area contributed by atoms with E-state index in [0.717, 1.165) is 25.7 Å². The van der Waals surface area contributed by atoms with Gasteiger partial charge in [0, 0.05) is 5.88 Å². The Morgan fingerprint density at radius 1 is 1.64 bits per heavy atom. The summed E-state index contributed by atoms with van der Waals surface area (Å²) >= 11 is 5.48. The maximum Gasteiger partial charge on any atom is 0.306 e. The summed E-state index contributed by atoms with van der Waals surface area (Å²) in [4.78, 5) is 10.6. The second-order valence-corrected chi connectivity index (χ2v) is 3.49. The van der Waals surface area contributed by atoms with Crippen molar-refractivity contribution in [2.24, 2.45) is 11.8 Å². The number of carboxylic acid groups (broad SMARTS) is 1. The van der Waals surface area contributed by atoms with Crippen LogP contribution in [0.4, 0.5) is 0 Å². The van der Waals surface area contributed by atoms with E-state index in [-0.39, 0.29) is 5.92 Å². The van der Waals surface area contributed by atoms with Crippen LogP contribution in [0.2, 0.25) is 0 Å². The lowest BCUT2D eigenvalue weighted by Crippen LogP contribution is -2.15.